The van der Waals surface area contributed by atoms with Gasteiger partial charge in [-0.15, -0.1) is 0 Å². The molecule has 0 bridgehead atoms. The van der Waals surface area contributed by atoms with Crippen molar-refractivity contribution in [1.82, 2.24) is 19.6 Å². The summed E-state index contributed by atoms with van der Waals surface area (Å²) in [6, 6.07) is 16.7. The van der Waals surface area contributed by atoms with E-state index in [2.05, 4.69) is 15.5 Å². The normalized spacial score (nSPS) is 10.7. The van der Waals surface area contributed by atoms with Crippen LogP contribution in [0.2, 0.25) is 0 Å². The highest BCUT2D eigenvalue weighted by molar-refractivity contribution is 6.02. The van der Waals surface area contributed by atoms with Gasteiger partial charge in [-0.25, -0.2) is 9.07 Å². The fraction of sp³-hybridized carbons (Fsp3) is 0.0952. The molecule has 4 rings (SSSR count). The molecule has 4 aromatic rings. The predicted octanol–water partition coefficient (Wildman–Crippen LogP) is 3.56. The first-order chi connectivity index (χ1) is 14.2. The first kappa shape index (κ1) is 18.4. The molecule has 1 amide bonds. The van der Waals surface area contributed by atoms with Crippen LogP contribution in [0, 0.1) is 5.82 Å². The molecule has 0 saturated carbocycles. The Balaban J connectivity index is 1.36. The van der Waals surface area contributed by atoms with E-state index in [0.717, 1.165) is 5.56 Å². The SMILES string of the molecule is O=C(Nc1cccc(Cn2cccn2)c1)c1ccn(COc2ccc(F)cc2)n1. The van der Waals surface area contributed by atoms with Gasteiger partial charge in [-0.1, -0.05) is 12.1 Å². The Kier molecular flexibility index (Phi) is 5.33. The molecule has 0 aliphatic rings. The van der Waals surface area contributed by atoms with Crippen LogP contribution in [-0.2, 0) is 13.3 Å². The van der Waals surface area contributed by atoms with Gasteiger partial charge in [-0.3, -0.25) is 9.48 Å². The van der Waals surface area contributed by atoms with Crippen molar-refractivity contribution in [3.63, 3.8) is 0 Å². The van der Waals surface area contributed by atoms with Gasteiger partial charge in [0.25, 0.3) is 5.91 Å². The molecular weight excluding hydrogens is 373 g/mol. The van der Waals surface area contributed by atoms with Crippen LogP contribution in [0.15, 0.2) is 79.3 Å². The Morgan fingerprint density at radius 1 is 1.03 bits per heavy atom. The van der Waals surface area contributed by atoms with Crippen LogP contribution < -0.4 is 10.1 Å². The van der Waals surface area contributed by atoms with Crippen LogP contribution in [0.1, 0.15) is 16.1 Å². The third kappa shape index (κ3) is 4.86. The average molecular weight is 391 g/mol. The maximum atomic E-state index is 12.9. The summed E-state index contributed by atoms with van der Waals surface area (Å²) in [5.41, 5.74) is 1.96. The van der Waals surface area contributed by atoms with E-state index >= 15 is 0 Å². The largest absolute Gasteiger partial charge is 0.471 e. The second kappa shape index (κ2) is 8.39. The zero-order chi connectivity index (χ0) is 20.1. The van der Waals surface area contributed by atoms with E-state index in [9.17, 15) is 9.18 Å². The number of carbonyl (C=O) groups is 1. The van der Waals surface area contributed by atoms with Crippen molar-refractivity contribution in [3.8, 4) is 5.75 Å². The summed E-state index contributed by atoms with van der Waals surface area (Å²) in [5, 5.41) is 11.2. The van der Waals surface area contributed by atoms with E-state index in [1.165, 1.54) is 28.9 Å². The third-order valence-corrected chi connectivity index (χ3v) is 4.14. The number of halogens is 1. The molecule has 0 atom stereocenters. The first-order valence-electron chi connectivity index (χ1n) is 8.95. The molecular formula is C21H18FN5O2. The minimum absolute atomic E-state index is 0.109. The number of hydrogen-bond donors (Lipinski definition) is 1. The zero-order valence-electron chi connectivity index (χ0n) is 15.4. The van der Waals surface area contributed by atoms with E-state index < -0.39 is 0 Å². The minimum atomic E-state index is -0.330. The van der Waals surface area contributed by atoms with Crippen LogP contribution in [0.25, 0.3) is 0 Å². The van der Waals surface area contributed by atoms with Gasteiger partial charge in [-0.05, 0) is 54.1 Å². The number of carbonyl (C=O) groups excluding carboxylic acids is 1. The Morgan fingerprint density at radius 3 is 2.69 bits per heavy atom. The maximum absolute atomic E-state index is 12.9. The lowest BCUT2D eigenvalue weighted by molar-refractivity contribution is 0.102. The maximum Gasteiger partial charge on any atom is 0.276 e. The van der Waals surface area contributed by atoms with Crippen molar-refractivity contribution >= 4 is 11.6 Å². The molecule has 8 heteroatoms. The van der Waals surface area contributed by atoms with Crippen molar-refractivity contribution in [1.29, 1.82) is 0 Å². The number of aromatic nitrogens is 4. The van der Waals surface area contributed by atoms with Crippen molar-refractivity contribution in [2.75, 3.05) is 5.32 Å². The second-order valence-corrected chi connectivity index (χ2v) is 6.33. The van der Waals surface area contributed by atoms with E-state index in [1.54, 1.807) is 18.5 Å². The molecule has 0 aliphatic heterocycles. The number of nitrogens with one attached hydrogen (secondary N) is 1. The van der Waals surface area contributed by atoms with Gasteiger partial charge >= 0.3 is 0 Å². The summed E-state index contributed by atoms with van der Waals surface area (Å²) in [6.45, 7) is 0.727. The van der Waals surface area contributed by atoms with E-state index in [0.29, 0.717) is 18.0 Å². The molecule has 2 aromatic carbocycles. The minimum Gasteiger partial charge on any atom is -0.471 e. The second-order valence-electron chi connectivity index (χ2n) is 6.33. The van der Waals surface area contributed by atoms with Gasteiger partial charge in [0.15, 0.2) is 12.4 Å². The molecule has 0 aliphatic carbocycles. The molecule has 1 N–H and O–H groups in total. The first-order valence-corrected chi connectivity index (χ1v) is 8.95. The summed E-state index contributed by atoms with van der Waals surface area (Å²) in [6.07, 6.45) is 5.25. The fourth-order valence-corrected chi connectivity index (χ4v) is 2.75. The lowest BCUT2D eigenvalue weighted by Gasteiger charge is -2.07. The molecule has 0 saturated heterocycles. The van der Waals surface area contributed by atoms with Gasteiger partial charge in [0.2, 0.25) is 0 Å². The summed E-state index contributed by atoms with van der Waals surface area (Å²) < 4.78 is 21.7. The number of benzene rings is 2. The molecule has 0 unspecified atom stereocenters. The molecule has 0 radical (unpaired) electrons. The third-order valence-electron chi connectivity index (χ3n) is 4.14. The molecule has 146 valence electrons. The topological polar surface area (TPSA) is 74.0 Å². The van der Waals surface area contributed by atoms with Crippen molar-refractivity contribution in [2.45, 2.75) is 13.3 Å². The van der Waals surface area contributed by atoms with Crippen LogP contribution in [-0.4, -0.2) is 25.5 Å². The number of anilines is 1. The summed E-state index contributed by atoms with van der Waals surface area (Å²) in [5.74, 6) is -0.132. The lowest BCUT2D eigenvalue weighted by Crippen LogP contribution is -2.14. The van der Waals surface area contributed by atoms with Crippen LogP contribution >= 0.6 is 0 Å². The fourth-order valence-electron chi connectivity index (χ4n) is 2.75. The average Bonchev–Trinajstić information content (AvgIpc) is 3.40. The van der Waals surface area contributed by atoms with Gasteiger partial charge in [0.05, 0.1) is 6.54 Å². The van der Waals surface area contributed by atoms with E-state index in [-0.39, 0.29) is 24.1 Å². The highest BCUT2D eigenvalue weighted by Crippen LogP contribution is 2.14. The van der Waals surface area contributed by atoms with Crippen LogP contribution in [0.3, 0.4) is 0 Å². The summed E-state index contributed by atoms with van der Waals surface area (Å²) >= 11 is 0. The molecule has 2 heterocycles. The van der Waals surface area contributed by atoms with Crippen molar-refractivity contribution in [2.24, 2.45) is 0 Å². The molecule has 0 spiro atoms. The molecule has 29 heavy (non-hydrogen) atoms. The molecule has 2 aromatic heterocycles. The highest BCUT2D eigenvalue weighted by atomic mass is 19.1. The number of rotatable bonds is 7. The quantitative estimate of drug-likeness (QED) is 0.523. The monoisotopic (exact) mass is 391 g/mol. The Labute approximate surface area is 166 Å². The van der Waals surface area contributed by atoms with Gasteiger partial charge < -0.3 is 10.1 Å². The van der Waals surface area contributed by atoms with Gasteiger partial charge in [-0.2, -0.15) is 10.2 Å². The number of ether oxygens (including phenoxy) is 1. The Bertz CT molecular complexity index is 1090. The molecule has 7 nitrogen and oxygen atoms in total. The van der Waals surface area contributed by atoms with Gasteiger partial charge in [0, 0.05) is 24.3 Å². The summed E-state index contributed by atoms with van der Waals surface area (Å²) in [4.78, 5) is 12.5. The zero-order valence-corrected chi connectivity index (χ0v) is 15.4. The summed E-state index contributed by atoms with van der Waals surface area (Å²) in [7, 11) is 0. The number of amides is 1. The standard InChI is InChI=1S/C21H18FN5O2/c22-17-5-7-19(8-6-17)29-15-27-12-9-20(25-27)21(28)24-18-4-1-3-16(13-18)14-26-11-2-10-23-26/h1-13H,14-15H2,(H,24,28). The van der Waals surface area contributed by atoms with Crippen molar-refractivity contribution < 1.29 is 13.9 Å². The van der Waals surface area contributed by atoms with Crippen molar-refractivity contribution in [3.05, 3.63) is 96.3 Å². The highest BCUT2D eigenvalue weighted by Gasteiger charge is 2.10. The lowest BCUT2D eigenvalue weighted by atomic mass is 10.2. The number of nitrogens with zero attached hydrogens (tertiary/aromatic N) is 4. The van der Waals surface area contributed by atoms with E-state index in [4.69, 9.17) is 4.74 Å². The van der Waals surface area contributed by atoms with Crippen LogP contribution in [0.4, 0.5) is 10.1 Å². The Morgan fingerprint density at radius 2 is 1.90 bits per heavy atom. The van der Waals surface area contributed by atoms with E-state index in [1.807, 2.05) is 41.2 Å². The van der Waals surface area contributed by atoms with Gasteiger partial charge in [0.1, 0.15) is 11.6 Å². The van der Waals surface area contributed by atoms with Crippen LogP contribution in [0.5, 0.6) is 5.75 Å². The Hall–Kier alpha value is -3.94. The predicted molar refractivity (Wildman–Crippen MR) is 105 cm³/mol. The number of hydrogen-bond acceptors (Lipinski definition) is 4. The molecule has 0 fully saturated rings. The smallest absolute Gasteiger partial charge is 0.276 e.